The van der Waals surface area contributed by atoms with Crippen LogP contribution >= 0.6 is 15.9 Å². The Morgan fingerprint density at radius 1 is 1.44 bits per heavy atom. The molecule has 1 aromatic carbocycles. The molecule has 0 radical (unpaired) electrons. The lowest BCUT2D eigenvalue weighted by Crippen LogP contribution is -2.45. The first-order valence-electron chi connectivity index (χ1n) is 6.02. The second kappa shape index (κ2) is 7.74. The van der Waals surface area contributed by atoms with Crippen molar-refractivity contribution in [3.05, 3.63) is 28.2 Å². The van der Waals surface area contributed by atoms with Crippen molar-refractivity contribution in [3.63, 3.8) is 0 Å². The number of hydrogen-bond acceptors (Lipinski definition) is 4. The smallest absolute Gasteiger partial charge is 0.122 e. The quantitative estimate of drug-likeness (QED) is 0.598. The highest BCUT2D eigenvalue weighted by molar-refractivity contribution is 9.10. The molecule has 102 valence electrons. The molecule has 0 saturated heterocycles. The molecule has 0 saturated carbocycles. The van der Waals surface area contributed by atoms with Crippen LogP contribution < -0.4 is 16.0 Å². The van der Waals surface area contributed by atoms with Crippen LogP contribution in [0.15, 0.2) is 22.7 Å². The van der Waals surface area contributed by atoms with Gasteiger partial charge in [0.15, 0.2) is 0 Å². The number of hydrazine groups is 1. The van der Waals surface area contributed by atoms with Gasteiger partial charge in [0.2, 0.25) is 0 Å². The van der Waals surface area contributed by atoms with Crippen LogP contribution in [-0.2, 0) is 11.2 Å². The van der Waals surface area contributed by atoms with E-state index in [-0.39, 0.29) is 12.1 Å². The summed E-state index contributed by atoms with van der Waals surface area (Å²) in [5, 5.41) is 0. The van der Waals surface area contributed by atoms with Crippen molar-refractivity contribution in [3.8, 4) is 5.75 Å². The van der Waals surface area contributed by atoms with E-state index >= 15 is 0 Å². The summed E-state index contributed by atoms with van der Waals surface area (Å²) < 4.78 is 12.0. The molecule has 1 rings (SSSR count). The van der Waals surface area contributed by atoms with Crippen LogP contribution in [0.4, 0.5) is 0 Å². The summed E-state index contributed by atoms with van der Waals surface area (Å²) in [4.78, 5) is 0. The molecule has 0 heterocycles. The molecule has 0 amide bonds. The van der Waals surface area contributed by atoms with E-state index in [1.165, 1.54) is 0 Å². The minimum Gasteiger partial charge on any atom is -0.496 e. The van der Waals surface area contributed by atoms with E-state index in [1.54, 1.807) is 7.11 Å². The van der Waals surface area contributed by atoms with Gasteiger partial charge in [-0.1, -0.05) is 15.9 Å². The predicted molar refractivity (Wildman–Crippen MR) is 76.6 cm³/mol. The maximum Gasteiger partial charge on any atom is 0.122 e. The summed E-state index contributed by atoms with van der Waals surface area (Å²) in [5.41, 5.74) is 3.91. The SMILES string of the molecule is CCOC(C)C(Cc1cc(Br)ccc1OC)NN. The molecule has 2 unspecified atom stereocenters. The molecule has 18 heavy (non-hydrogen) atoms. The van der Waals surface area contributed by atoms with E-state index in [9.17, 15) is 0 Å². The zero-order valence-electron chi connectivity index (χ0n) is 11.1. The van der Waals surface area contributed by atoms with Crippen molar-refractivity contribution in [1.82, 2.24) is 5.43 Å². The lowest BCUT2D eigenvalue weighted by molar-refractivity contribution is 0.0475. The summed E-state index contributed by atoms with van der Waals surface area (Å²) >= 11 is 3.47. The fourth-order valence-electron chi connectivity index (χ4n) is 1.88. The Morgan fingerprint density at radius 3 is 2.72 bits per heavy atom. The molecule has 0 bridgehead atoms. The highest BCUT2D eigenvalue weighted by Gasteiger charge is 2.18. The van der Waals surface area contributed by atoms with E-state index in [1.807, 2.05) is 32.0 Å². The van der Waals surface area contributed by atoms with Crippen LogP contribution in [0.1, 0.15) is 19.4 Å². The van der Waals surface area contributed by atoms with E-state index < -0.39 is 0 Å². The number of ether oxygens (including phenoxy) is 2. The van der Waals surface area contributed by atoms with Crippen LogP contribution in [0.25, 0.3) is 0 Å². The van der Waals surface area contributed by atoms with Crippen molar-refractivity contribution < 1.29 is 9.47 Å². The van der Waals surface area contributed by atoms with Gasteiger partial charge in [-0.2, -0.15) is 0 Å². The van der Waals surface area contributed by atoms with Gasteiger partial charge >= 0.3 is 0 Å². The number of nitrogens with two attached hydrogens (primary N) is 1. The molecule has 4 nitrogen and oxygen atoms in total. The lowest BCUT2D eigenvalue weighted by atomic mass is 10.0. The van der Waals surface area contributed by atoms with Gasteiger partial charge in [-0.15, -0.1) is 0 Å². The summed E-state index contributed by atoms with van der Waals surface area (Å²) in [6.07, 6.45) is 0.795. The van der Waals surface area contributed by atoms with Gasteiger partial charge < -0.3 is 9.47 Å². The molecule has 1 aromatic rings. The zero-order valence-corrected chi connectivity index (χ0v) is 12.7. The van der Waals surface area contributed by atoms with Crippen LogP contribution in [0.3, 0.4) is 0 Å². The van der Waals surface area contributed by atoms with Crippen LogP contribution in [0, 0.1) is 0 Å². The lowest BCUT2D eigenvalue weighted by Gasteiger charge is -2.24. The number of benzene rings is 1. The summed E-state index contributed by atoms with van der Waals surface area (Å²) in [6.45, 7) is 4.66. The molecule has 0 fully saturated rings. The van der Waals surface area contributed by atoms with Crippen LogP contribution in [0.5, 0.6) is 5.75 Å². The Kier molecular flexibility index (Phi) is 6.63. The standard InChI is InChI=1S/C13H21BrN2O2/c1-4-18-9(2)12(16-15)8-10-7-11(14)5-6-13(10)17-3/h5-7,9,12,16H,4,8,15H2,1-3H3. The largest absolute Gasteiger partial charge is 0.496 e. The monoisotopic (exact) mass is 316 g/mol. The van der Waals surface area contributed by atoms with Gasteiger partial charge in [0.25, 0.3) is 0 Å². The molecule has 5 heteroatoms. The van der Waals surface area contributed by atoms with Gasteiger partial charge in [0.05, 0.1) is 19.3 Å². The third-order valence-corrected chi connectivity index (χ3v) is 3.39. The van der Waals surface area contributed by atoms with Gasteiger partial charge in [-0.3, -0.25) is 11.3 Å². The van der Waals surface area contributed by atoms with Crippen LogP contribution in [0.2, 0.25) is 0 Å². The number of halogens is 1. The Balaban J connectivity index is 2.83. The van der Waals surface area contributed by atoms with E-state index in [4.69, 9.17) is 15.3 Å². The highest BCUT2D eigenvalue weighted by Crippen LogP contribution is 2.24. The highest BCUT2D eigenvalue weighted by atomic mass is 79.9. The fraction of sp³-hybridized carbons (Fsp3) is 0.538. The zero-order chi connectivity index (χ0) is 13.5. The Bertz CT molecular complexity index is 374. The molecule has 0 aromatic heterocycles. The molecular formula is C13H21BrN2O2. The van der Waals surface area contributed by atoms with Crippen molar-refractivity contribution in [2.45, 2.75) is 32.4 Å². The second-order valence-corrected chi connectivity index (χ2v) is 5.01. The predicted octanol–water partition coefficient (Wildman–Crippen LogP) is 2.26. The number of rotatable bonds is 7. The average Bonchev–Trinajstić information content (AvgIpc) is 2.36. The van der Waals surface area contributed by atoms with Gasteiger partial charge in [-0.05, 0) is 44.0 Å². The molecule has 2 atom stereocenters. The van der Waals surface area contributed by atoms with Crippen LogP contribution in [-0.4, -0.2) is 25.9 Å². The van der Waals surface area contributed by atoms with E-state index in [0.29, 0.717) is 6.61 Å². The van der Waals surface area contributed by atoms with E-state index in [0.717, 1.165) is 22.2 Å². The maximum absolute atomic E-state index is 5.60. The first-order valence-corrected chi connectivity index (χ1v) is 6.81. The second-order valence-electron chi connectivity index (χ2n) is 4.09. The Morgan fingerprint density at radius 2 is 2.17 bits per heavy atom. The van der Waals surface area contributed by atoms with E-state index in [2.05, 4.69) is 21.4 Å². The fourth-order valence-corrected chi connectivity index (χ4v) is 2.29. The topological polar surface area (TPSA) is 56.5 Å². The third-order valence-electron chi connectivity index (χ3n) is 2.89. The number of hydrogen-bond donors (Lipinski definition) is 2. The molecule has 0 spiro atoms. The molecule has 0 aliphatic rings. The number of nitrogens with one attached hydrogen (secondary N) is 1. The normalized spacial score (nSPS) is 14.3. The van der Waals surface area contributed by atoms with Gasteiger partial charge in [-0.25, -0.2) is 0 Å². The van der Waals surface area contributed by atoms with Gasteiger partial charge in [0, 0.05) is 11.1 Å². The molecular weight excluding hydrogens is 296 g/mol. The van der Waals surface area contributed by atoms with Crippen molar-refractivity contribution >= 4 is 15.9 Å². The maximum atomic E-state index is 5.60. The summed E-state index contributed by atoms with van der Waals surface area (Å²) in [7, 11) is 1.67. The first-order chi connectivity index (χ1) is 8.62. The van der Waals surface area contributed by atoms with Crippen molar-refractivity contribution in [2.75, 3.05) is 13.7 Å². The molecule has 0 aliphatic carbocycles. The minimum atomic E-state index is 0.0451. The molecule has 3 N–H and O–H groups in total. The number of methoxy groups -OCH3 is 1. The van der Waals surface area contributed by atoms with Crippen molar-refractivity contribution in [2.24, 2.45) is 5.84 Å². The Labute approximate surface area is 117 Å². The average molecular weight is 317 g/mol. The minimum absolute atomic E-state index is 0.0451. The third kappa shape index (κ3) is 4.24. The van der Waals surface area contributed by atoms with Gasteiger partial charge in [0.1, 0.15) is 5.75 Å². The summed E-state index contributed by atoms with van der Waals surface area (Å²) in [6, 6.07) is 5.99. The summed E-state index contributed by atoms with van der Waals surface area (Å²) in [5.74, 6) is 6.46. The Hall–Kier alpha value is -0.620. The molecule has 0 aliphatic heterocycles. The first kappa shape index (κ1) is 15.4. The van der Waals surface area contributed by atoms with Crippen molar-refractivity contribution in [1.29, 1.82) is 0 Å².